The van der Waals surface area contributed by atoms with E-state index in [0.29, 0.717) is 11.7 Å². The van der Waals surface area contributed by atoms with Crippen molar-refractivity contribution in [3.8, 4) is 5.75 Å². The maximum absolute atomic E-state index is 5.51. The van der Waals surface area contributed by atoms with Crippen LogP contribution in [0.15, 0.2) is 34.9 Å². The van der Waals surface area contributed by atoms with Crippen LogP contribution in [0.2, 0.25) is 0 Å². The van der Waals surface area contributed by atoms with Gasteiger partial charge in [0, 0.05) is 13.7 Å². The highest BCUT2D eigenvalue weighted by molar-refractivity contribution is 5.20. The van der Waals surface area contributed by atoms with E-state index in [1.807, 2.05) is 30.3 Å². The van der Waals surface area contributed by atoms with E-state index in [-0.39, 0.29) is 19.3 Å². The molecule has 1 aromatic carbocycles. The first-order valence-electron chi connectivity index (χ1n) is 5.56. The van der Waals surface area contributed by atoms with Crippen molar-refractivity contribution in [3.05, 3.63) is 42.0 Å². The highest BCUT2D eigenvalue weighted by Crippen LogP contribution is 2.14. The van der Waals surface area contributed by atoms with Crippen molar-refractivity contribution in [2.24, 2.45) is 5.73 Å². The number of rotatable bonds is 6. The number of benzene rings is 1. The van der Waals surface area contributed by atoms with Crippen LogP contribution < -0.4 is 10.5 Å². The number of ether oxygens (including phenoxy) is 2. The van der Waals surface area contributed by atoms with Crippen LogP contribution in [0.3, 0.4) is 0 Å². The quantitative estimate of drug-likeness (QED) is 0.830. The molecule has 1 unspecified atom stereocenters. The molecular formula is C12H15N3O3. The van der Waals surface area contributed by atoms with Crippen LogP contribution in [-0.4, -0.2) is 23.8 Å². The van der Waals surface area contributed by atoms with E-state index in [1.165, 1.54) is 0 Å². The predicted molar refractivity (Wildman–Crippen MR) is 63.9 cm³/mol. The summed E-state index contributed by atoms with van der Waals surface area (Å²) >= 11 is 0. The zero-order chi connectivity index (χ0) is 12.8. The third-order valence-electron chi connectivity index (χ3n) is 2.37. The average Bonchev–Trinajstić information content (AvgIpc) is 2.88. The Bertz CT molecular complexity index is 468. The van der Waals surface area contributed by atoms with Gasteiger partial charge in [0.2, 0.25) is 5.82 Å². The largest absolute Gasteiger partial charge is 0.485 e. The summed E-state index contributed by atoms with van der Waals surface area (Å²) in [5, 5.41) is 3.80. The second kappa shape index (κ2) is 6.13. The van der Waals surface area contributed by atoms with Crippen LogP contribution in [-0.2, 0) is 11.3 Å². The second-order valence-electron chi connectivity index (χ2n) is 3.61. The molecule has 6 heteroatoms. The smallest absolute Gasteiger partial charge is 0.257 e. The Morgan fingerprint density at radius 1 is 1.33 bits per heavy atom. The molecule has 0 aliphatic rings. The summed E-state index contributed by atoms with van der Waals surface area (Å²) in [6.45, 7) is 0.534. The summed E-state index contributed by atoms with van der Waals surface area (Å²) in [5.74, 6) is 1.59. The Hall–Kier alpha value is -1.92. The van der Waals surface area contributed by atoms with E-state index < -0.39 is 0 Å². The highest BCUT2D eigenvalue weighted by atomic mass is 16.5. The van der Waals surface area contributed by atoms with E-state index >= 15 is 0 Å². The highest BCUT2D eigenvalue weighted by Gasteiger charge is 2.16. The number of methoxy groups -OCH3 is 1. The van der Waals surface area contributed by atoms with Gasteiger partial charge in [-0.2, -0.15) is 4.98 Å². The van der Waals surface area contributed by atoms with Gasteiger partial charge in [-0.25, -0.2) is 0 Å². The molecule has 2 N–H and O–H groups in total. The molecular weight excluding hydrogens is 234 g/mol. The zero-order valence-corrected chi connectivity index (χ0v) is 10.1. The number of para-hydroxylation sites is 1. The molecule has 6 nitrogen and oxygen atoms in total. The first-order chi connectivity index (χ1) is 8.83. The van der Waals surface area contributed by atoms with Gasteiger partial charge >= 0.3 is 0 Å². The van der Waals surface area contributed by atoms with Crippen molar-refractivity contribution in [1.82, 2.24) is 10.1 Å². The van der Waals surface area contributed by atoms with Crippen molar-refractivity contribution in [2.45, 2.75) is 12.7 Å². The van der Waals surface area contributed by atoms with Gasteiger partial charge in [-0.15, -0.1) is 0 Å². The van der Waals surface area contributed by atoms with Gasteiger partial charge in [0.1, 0.15) is 11.9 Å². The normalized spacial score (nSPS) is 12.3. The molecule has 0 aliphatic heterocycles. The molecule has 0 saturated heterocycles. The number of hydrogen-bond acceptors (Lipinski definition) is 6. The molecule has 0 bridgehead atoms. The molecule has 2 aromatic rings. The topological polar surface area (TPSA) is 83.4 Å². The minimum absolute atomic E-state index is 0.245. The summed E-state index contributed by atoms with van der Waals surface area (Å²) in [6.07, 6.45) is -0.372. The Kier molecular flexibility index (Phi) is 4.27. The van der Waals surface area contributed by atoms with Gasteiger partial charge in [0.15, 0.2) is 6.61 Å². The van der Waals surface area contributed by atoms with Crippen LogP contribution >= 0.6 is 0 Å². The second-order valence-corrected chi connectivity index (χ2v) is 3.61. The van der Waals surface area contributed by atoms with Crippen LogP contribution in [0.1, 0.15) is 17.8 Å². The molecule has 0 aliphatic carbocycles. The lowest BCUT2D eigenvalue weighted by atomic mass is 10.3. The van der Waals surface area contributed by atoms with Gasteiger partial charge in [-0.3, -0.25) is 0 Å². The summed E-state index contributed by atoms with van der Waals surface area (Å²) in [7, 11) is 1.54. The fourth-order valence-corrected chi connectivity index (χ4v) is 1.42. The van der Waals surface area contributed by atoms with Crippen molar-refractivity contribution >= 4 is 0 Å². The van der Waals surface area contributed by atoms with Gasteiger partial charge in [0.05, 0.1) is 0 Å². The lowest BCUT2D eigenvalue weighted by Gasteiger charge is -2.05. The van der Waals surface area contributed by atoms with Gasteiger partial charge in [0.25, 0.3) is 5.89 Å². The van der Waals surface area contributed by atoms with Crippen molar-refractivity contribution in [3.63, 3.8) is 0 Å². The molecule has 0 amide bonds. The Labute approximate surface area is 105 Å². The monoisotopic (exact) mass is 249 g/mol. The summed E-state index contributed by atoms with van der Waals surface area (Å²) in [5.41, 5.74) is 5.51. The minimum Gasteiger partial charge on any atom is -0.485 e. The maximum atomic E-state index is 5.51. The SMILES string of the molecule is COC(CN)c1nc(COc2ccccc2)no1. The molecule has 1 aromatic heterocycles. The molecule has 0 spiro atoms. The number of aromatic nitrogens is 2. The first-order valence-corrected chi connectivity index (χ1v) is 5.56. The van der Waals surface area contributed by atoms with E-state index in [9.17, 15) is 0 Å². The van der Waals surface area contributed by atoms with E-state index in [1.54, 1.807) is 7.11 Å². The molecule has 18 heavy (non-hydrogen) atoms. The minimum atomic E-state index is -0.372. The lowest BCUT2D eigenvalue weighted by Crippen LogP contribution is -2.14. The average molecular weight is 249 g/mol. The third-order valence-corrected chi connectivity index (χ3v) is 2.37. The molecule has 1 heterocycles. The van der Waals surface area contributed by atoms with Crippen molar-refractivity contribution in [1.29, 1.82) is 0 Å². The first kappa shape index (κ1) is 12.5. The Morgan fingerprint density at radius 2 is 2.11 bits per heavy atom. The summed E-state index contributed by atoms with van der Waals surface area (Å²) in [6, 6.07) is 9.43. The molecule has 0 radical (unpaired) electrons. The molecule has 0 saturated carbocycles. The number of nitrogens with zero attached hydrogens (tertiary/aromatic N) is 2. The molecule has 96 valence electrons. The van der Waals surface area contributed by atoms with Crippen molar-refractivity contribution < 1.29 is 14.0 Å². The number of hydrogen-bond donors (Lipinski definition) is 1. The molecule has 2 rings (SSSR count). The van der Waals surface area contributed by atoms with Crippen LogP contribution in [0, 0.1) is 0 Å². The molecule has 1 atom stereocenters. The number of nitrogens with two attached hydrogens (primary N) is 1. The van der Waals surface area contributed by atoms with Gasteiger partial charge in [-0.1, -0.05) is 23.4 Å². The van der Waals surface area contributed by atoms with Gasteiger partial charge in [-0.05, 0) is 12.1 Å². The fourth-order valence-electron chi connectivity index (χ4n) is 1.42. The lowest BCUT2D eigenvalue weighted by molar-refractivity contribution is 0.0803. The zero-order valence-electron chi connectivity index (χ0n) is 10.1. The Balaban J connectivity index is 1.95. The van der Waals surface area contributed by atoms with Crippen LogP contribution in [0.5, 0.6) is 5.75 Å². The van der Waals surface area contributed by atoms with E-state index in [4.69, 9.17) is 19.7 Å². The third kappa shape index (κ3) is 3.06. The van der Waals surface area contributed by atoms with Gasteiger partial charge < -0.3 is 19.7 Å². The van der Waals surface area contributed by atoms with Crippen LogP contribution in [0.4, 0.5) is 0 Å². The van der Waals surface area contributed by atoms with Crippen LogP contribution in [0.25, 0.3) is 0 Å². The van der Waals surface area contributed by atoms with E-state index in [2.05, 4.69) is 10.1 Å². The predicted octanol–water partition coefficient (Wildman–Crippen LogP) is 1.29. The summed E-state index contributed by atoms with van der Waals surface area (Å²) < 4.78 is 15.6. The maximum Gasteiger partial charge on any atom is 0.257 e. The standard InChI is InChI=1S/C12H15N3O3/c1-16-10(7-13)12-14-11(15-18-12)8-17-9-5-3-2-4-6-9/h2-6,10H,7-8,13H2,1H3. The molecule has 0 fully saturated rings. The summed E-state index contributed by atoms with van der Waals surface area (Å²) in [4.78, 5) is 4.16. The van der Waals surface area contributed by atoms with Crippen molar-refractivity contribution in [2.75, 3.05) is 13.7 Å². The fraction of sp³-hybridized carbons (Fsp3) is 0.333. The van der Waals surface area contributed by atoms with E-state index in [0.717, 1.165) is 5.75 Å². The Morgan fingerprint density at radius 3 is 2.78 bits per heavy atom.